The van der Waals surface area contributed by atoms with E-state index in [0.717, 1.165) is 23.6 Å². The van der Waals surface area contributed by atoms with Crippen molar-refractivity contribution >= 4 is 0 Å². The summed E-state index contributed by atoms with van der Waals surface area (Å²) in [5.74, 6) is 1.31. The van der Waals surface area contributed by atoms with Crippen molar-refractivity contribution < 1.29 is 9.15 Å². The molecule has 0 aliphatic heterocycles. The minimum absolute atomic E-state index is 0.255. The standard InChI is InChI=1S/C14H22N4O2/c1-9(2)6-15-7-12-8-19-14(16-12)20-13-10(3)17-18(5)11(13)4/h8-9,15H,6-7H2,1-5H3. The molecule has 0 atom stereocenters. The van der Waals surface area contributed by atoms with E-state index in [4.69, 9.17) is 9.15 Å². The van der Waals surface area contributed by atoms with Crippen LogP contribution in [0.15, 0.2) is 10.7 Å². The SMILES string of the molecule is Cc1nn(C)c(C)c1Oc1nc(CNCC(C)C)co1. The van der Waals surface area contributed by atoms with Crippen LogP contribution in [0.1, 0.15) is 30.9 Å². The van der Waals surface area contributed by atoms with Gasteiger partial charge in [-0.05, 0) is 26.3 Å². The van der Waals surface area contributed by atoms with Crippen LogP contribution in [0.3, 0.4) is 0 Å². The molecular weight excluding hydrogens is 256 g/mol. The van der Waals surface area contributed by atoms with Crippen LogP contribution in [0, 0.1) is 19.8 Å². The Bertz CT molecular complexity index is 572. The third-order valence-electron chi connectivity index (χ3n) is 3.02. The molecule has 0 saturated heterocycles. The Hall–Kier alpha value is -1.82. The first-order chi connectivity index (χ1) is 9.47. The second-order valence-electron chi connectivity index (χ2n) is 5.36. The zero-order valence-corrected chi connectivity index (χ0v) is 12.7. The maximum Gasteiger partial charge on any atom is 0.399 e. The van der Waals surface area contributed by atoms with E-state index in [-0.39, 0.29) is 6.08 Å². The molecule has 6 nitrogen and oxygen atoms in total. The van der Waals surface area contributed by atoms with Gasteiger partial charge >= 0.3 is 6.08 Å². The molecular formula is C14H22N4O2. The second-order valence-corrected chi connectivity index (χ2v) is 5.36. The highest BCUT2D eigenvalue weighted by atomic mass is 16.6. The van der Waals surface area contributed by atoms with Gasteiger partial charge in [-0.3, -0.25) is 4.68 Å². The van der Waals surface area contributed by atoms with E-state index in [1.807, 2.05) is 20.9 Å². The summed E-state index contributed by atoms with van der Waals surface area (Å²) in [5.41, 5.74) is 2.60. The van der Waals surface area contributed by atoms with Crippen molar-refractivity contribution in [1.82, 2.24) is 20.1 Å². The molecule has 1 N–H and O–H groups in total. The highest BCUT2D eigenvalue weighted by molar-refractivity contribution is 5.33. The lowest BCUT2D eigenvalue weighted by Crippen LogP contribution is -2.19. The monoisotopic (exact) mass is 278 g/mol. The lowest BCUT2D eigenvalue weighted by atomic mass is 10.2. The average Bonchev–Trinajstić information content (AvgIpc) is 2.90. The van der Waals surface area contributed by atoms with Gasteiger partial charge in [0.1, 0.15) is 12.0 Å². The van der Waals surface area contributed by atoms with Crippen LogP contribution in [0.5, 0.6) is 11.8 Å². The van der Waals surface area contributed by atoms with Crippen LogP contribution in [-0.2, 0) is 13.6 Å². The van der Waals surface area contributed by atoms with E-state index in [1.54, 1.807) is 10.9 Å². The summed E-state index contributed by atoms with van der Waals surface area (Å²) in [6.07, 6.45) is 1.87. The number of ether oxygens (including phenoxy) is 1. The molecule has 0 radical (unpaired) electrons. The molecule has 2 rings (SSSR count). The Labute approximate surface area is 119 Å². The fourth-order valence-electron chi connectivity index (χ4n) is 1.89. The summed E-state index contributed by atoms with van der Waals surface area (Å²) in [4.78, 5) is 4.31. The number of hydrogen-bond donors (Lipinski definition) is 1. The van der Waals surface area contributed by atoms with Gasteiger partial charge in [-0.25, -0.2) is 0 Å². The molecule has 6 heteroatoms. The van der Waals surface area contributed by atoms with Crippen LogP contribution in [0.2, 0.25) is 0 Å². The van der Waals surface area contributed by atoms with E-state index in [2.05, 4.69) is 29.2 Å². The van der Waals surface area contributed by atoms with Crippen LogP contribution in [0.25, 0.3) is 0 Å². The molecule has 0 aromatic carbocycles. The third kappa shape index (κ3) is 3.39. The van der Waals surface area contributed by atoms with Crippen molar-refractivity contribution in [2.75, 3.05) is 6.54 Å². The molecule has 0 aliphatic rings. The van der Waals surface area contributed by atoms with E-state index < -0.39 is 0 Å². The predicted octanol–water partition coefficient (Wildman–Crippen LogP) is 2.56. The molecule has 2 aromatic heterocycles. The van der Waals surface area contributed by atoms with E-state index >= 15 is 0 Å². The van der Waals surface area contributed by atoms with E-state index in [0.29, 0.717) is 18.2 Å². The molecule has 0 fully saturated rings. The molecule has 2 heterocycles. The van der Waals surface area contributed by atoms with Crippen LogP contribution >= 0.6 is 0 Å². The fourth-order valence-corrected chi connectivity index (χ4v) is 1.89. The Balaban J connectivity index is 1.99. The van der Waals surface area contributed by atoms with Gasteiger partial charge in [0.05, 0.1) is 11.4 Å². The molecule has 0 unspecified atom stereocenters. The van der Waals surface area contributed by atoms with Gasteiger partial charge in [0.15, 0.2) is 5.75 Å². The topological polar surface area (TPSA) is 65.1 Å². The Kier molecular flexibility index (Phi) is 4.44. The summed E-state index contributed by atoms with van der Waals surface area (Å²) in [6, 6.07) is 0. The average molecular weight is 278 g/mol. The summed E-state index contributed by atoms with van der Waals surface area (Å²) in [7, 11) is 1.88. The second kappa shape index (κ2) is 6.09. The minimum atomic E-state index is 0.255. The number of oxazole rings is 1. The van der Waals surface area contributed by atoms with Crippen LogP contribution in [0.4, 0.5) is 0 Å². The van der Waals surface area contributed by atoms with Crippen molar-refractivity contribution in [2.45, 2.75) is 34.2 Å². The van der Waals surface area contributed by atoms with Gasteiger partial charge < -0.3 is 14.5 Å². The van der Waals surface area contributed by atoms with Crippen LogP contribution in [-0.4, -0.2) is 21.3 Å². The highest BCUT2D eigenvalue weighted by Crippen LogP contribution is 2.27. The first-order valence-corrected chi connectivity index (χ1v) is 6.80. The lowest BCUT2D eigenvalue weighted by molar-refractivity contribution is 0.327. The summed E-state index contributed by atoms with van der Waals surface area (Å²) in [6.45, 7) is 9.80. The highest BCUT2D eigenvalue weighted by Gasteiger charge is 2.14. The van der Waals surface area contributed by atoms with Gasteiger partial charge in [0, 0.05) is 13.6 Å². The molecule has 0 aliphatic carbocycles. The molecule has 110 valence electrons. The normalized spacial score (nSPS) is 11.3. The summed E-state index contributed by atoms with van der Waals surface area (Å²) < 4.78 is 12.8. The zero-order valence-electron chi connectivity index (χ0n) is 12.7. The molecule has 0 spiro atoms. The van der Waals surface area contributed by atoms with Crippen molar-refractivity contribution in [3.8, 4) is 11.8 Å². The smallest absolute Gasteiger partial charge is 0.399 e. The quantitative estimate of drug-likeness (QED) is 0.879. The maximum atomic E-state index is 5.68. The Morgan fingerprint density at radius 1 is 1.40 bits per heavy atom. The maximum absolute atomic E-state index is 5.68. The van der Waals surface area contributed by atoms with Gasteiger partial charge in [0.2, 0.25) is 0 Å². The van der Waals surface area contributed by atoms with Crippen LogP contribution < -0.4 is 10.1 Å². The molecule has 0 bridgehead atoms. The molecule has 0 amide bonds. The number of nitrogens with zero attached hydrogens (tertiary/aromatic N) is 3. The van der Waals surface area contributed by atoms with Gasteiger partial charge in [-0.2, -0.15) is 10.1 Å². The minimum Gasteiger partial charge on any atom is -0.417 e. The number of aryl methyl sites for hydroxylation is 2. The van der Waals surface area contributed by atoms with Gasteiger partial charge in [-0.15, -0.1) is 0 Å². The van der Waals surface area contributed by atoms with Crippen molar-refractivity contribution in [3.63, 3.8) is 0 Å². The zero-order chi connectivity index (χ0) is 14.7. The number of nitrogens with one attached hydrogen (secondary N) is 1. The predicted molar refractivity (Wildman–Crippen MR) is 75.8 cm³/mol. The van der Waals surface area contributed by atoms with Gasteiger partial charge in [-0.1, -0.05) is 13.8 Å². The number of rotatable bonds is 6. The van der Waals surface area contributed by atoms with E-state index in [9.17, 15) is 0 Å². The van der Waals surface area contributed by atoms with E-state index in [1.165, 1.54) is 0 Å². The third-order valence-corrected chi connectivity index (χ3v) is 3.02. The first kappa shape index (κ1) is 14.6. The first-order valence-electron chi connectivity index (χ1n) is 6.80. The van der Waals surface area contributed by atoms with Crippen molar-refractivity contribution in [3.05, 3.63) is 23.3 Å². The Morgan fingerprint density at radius 2 is 2.15 bits per heavy atom. The number of hydrogen-bond acceptors (Lipinski definition) is 5. The van der Waals surface area contributed by atoms with Gasteiger partial charge in [0.25, 0.3) is 0 Å². The largest absolute Gasteiger partial charge is 0.417 e. The Morgan fingerprint density at radius 3 is 2.75 bits per heavy atom. The lowest BCUT2D eigenvalue weighted by Gasteiger charge is -2.04. The molecule has 0 saturated carbocycles. The van der Waals surface area contributed by atoms with Crippen molar-refractivity contribution in [2.24, 2.45) is 13.0 Å². The summed E-state index contributed by atoms with van der Waals surface area (Å²) >= 11 is 0. The molecule has 20 heavy (non-hydrogen) atoms. The summed E-state index contributed by atoms with van der Waals surface area (Å²) in [5, 5.41) is 7.60. The fraction of sp³-hybridized carbons (Fsp3) is 0.571. The molecule has 2 aromatic rings. The number of aromatic nitrogens is 3. The van der Waals surface area contributed by atoms with Crippen molar-refractivity contribution in [1.29, 1.82) is 0 Å².